The van der Waals surface area contributed by atoms with E-state index in [1.165, 1.54) is 12.8 Å². The molecule has 1 aromatic carbocycles. The first-order chi connectivity index (χ1) is 10.7. The van der Waals surface area contributed by atoms with E-state index in [9.17, 15) is 4.79 Å². The Balaban J connectivity index is 2.22. The molecule has 0 radical (unpaired) electrons. The van der Waals surface area contributed by atoms with Gasteiger partial charge in [-0.2, -0.15) is 11.8 Å². The molecule has 1 heterocycles. The molecule has 0 aromatic heterocycles. The highest BCUT2D eigenvalue weighted by atomic mass is 32.2. The average Bonchev–Trinajstić information content (AvgIpc) is 2.79. The monoisotopic (exact) mass is 323 g/mol. The second kappa shape index (κ2) is 8.32. The van der Waals surface area contributed by atoms with Gasteiger partial charge in [0.2, 0.25) is 0 Å². The van der Waals surface area contributed by atoms with Crippen LogP contribution in [0.25, 0.3) is 0 Å². The van der Waals surface area contributed by atoms with Crippen molar-refractivity contribution < 1.29 is 14.3 Å². The number of likely N-dealkylation sites (tertiary alicyclic amines) is 1. The van der Waals surface area contributed by atoms with Gasteiger partial charge in [-0.15, -0.1) is 0 Å². The standard InChI is InChI=1S/C17H25NO3S/c1-4-22-13-8-5-6-11-18(12-13)17(19)14-9-7-10-15(20-2)16(14)21-3/h7,9-10,13H,4-6,8,11-12H2,1-3H3. The Morgan fingerprint density at radius 1 is 1.32 bits per heavy atom. The molecule has 0 spiro atoms. The van der Waals surface area contributed by atoms with Crippen LogP contribution in [0.3, 0.4) is 0 Å². The van der Waals surface area contributed by atoms with Crippen molar-refractivity contribution in [3.8, 4) is 11.5 Å². The van der Waals surface area contributed by atoms with Gasteiger partial charge in [0.15, 0.2) is 11.5 Å². The molecule has 1 unspecified atom stereocenters. The van der Waals surface area contributed by atoms with Gasteiger partial charge in [-0.3, -0.25) is 4.79 Å². The van der Waals surface area contributed by atoms with Crippen LogP contribution in [0, 0.1) is 0 Å². The molecule has 5 heteroatoms. The third kappa shape index (κ3) is 3.88. The molecule has 0 saturated carbocycles. The lowest BCUT2D eigenvalue weighted by molar-refractivity contribution is 0.0759. The number of para-hydroxylation sites is 1. The first-order valence-corrected chi connectivity index (χ1v) is 8.88. The highest BCUT2D eigenvalue weighted by Gasteiger charge is 2.26. The number of thioether (sulfide) groups is 1. The van der Waals surface area contributed by atoms with Gasteiger partial charge in [0.05, 0.1) is 19.8 Å². The average molecular weight is 323 g/mol. The van der Waals surface area contributed by atoms with Crippen LogP contribution < -0.4 is 9.47 Å². The lowest BCUT2D eigenvalue weighted by Crippen LogP contribution is -2.35. The molecule has 22 heavy (non-hydrogen) atoms. The number of carbonyl (C=O) groups excluding carboxylic acids is 1. The Morgan fingerprint density at radius 3 is 2.82 bits per heavy atom. The van der Waals surface area contributed by atoms with Gasteiger partial charge in [0.25, 0.3) is 5.91 Å². The molecule has 1 fully saturated rings. The Hall–Kier alpha value is -1.36. The maximum Gasteiger partial charge on any atom is 0.257 e. The molecule has 2 rings (SSSR count). The predicted molar refractivity (Wildman–Crippen MR) is 91.2 cm³/mol. The Kier molecular flexibility index (Phi) is 6.43. The van der Waals surface area contributed by atoms with Crippen LogP contribution in [0.5, 0.6) is 11.5 Å². The third-order valence-corrected chi connectivity index (χ3v) is 5.14. The Labute approximate surface area is 137 Å². The van der Waals surface area contributed by atoms with E-state index < -0.39 is 0 Å². The second-order valence-corrected chi connectivity index (χ2v) is 6.94. The van der Waals surface area contributed by atoms with Crippen molar-refractivity contribution >= 4 is 17.7 Å². The van der Waals surface area contributed by atoms with Gasteiger partial charge in [-0.05, 0) is 30.7 Å². The molecule has 122 valence electrons. The van der Waals surface area contributed by atoms with Crippen molar-refractivity contribution in [2.24, 2.45) is 0 Å². The van der Waals surface area contributed by atoms with Crippen LogP contribution in [-0.2, 0) is 0 Å². The van der Waals surface area contributed by atoms with Crippen molar-refractivity contribution in [2.75, 3.05) is 33.1 Å². The van der Waals surface area contributed by atoms with Crippen LogP contribution in [-0.4, -0.2) is 49.1 Å². The molecule has 1 atom stereocenters. The quantitative estimate of drug-likeness (QED) is 0.832. The summed E-state index contributed by atoms with van der Waals surface area (Å²) in [6.07, 6.45) is 3.45. The normalized spacial score (nSPS) is 18.7. The predicted octanol–water partition coefficient (Wildman–Crippen LogP) is 3.45. The first kappa shape index (κ1) is 17.0. The lowest BCUT2D eigenvalue weighted by atomic mass is 10.1. The number of methoxy groups -OCH3 is 2. The fourth-order valence-corrected chi connectivity index (χ4v) is 3.98. The molecule has 1 aliphatic rings. The highest BCUT2D eigenvalue weighted by Crippen LogP contribution is 2.32. The summed E-state index contributed by atoms with van der Waals surface area (Å²) in [7, 11) is 3.17. The number of rotatable bonds is 5. The molecule has 4 nitrogen and oxygen atoms in total. The van der Waals surface area contributed by atoms with Gasteiger partial charge < -0.3 is 14.4 Å². The summed E-state index contributed by atoms with van der Waals surface area (Å²) in [6, 6.07) is 5.47. The third-order valence-electron chi connectivity index (χ3n) is 3.95. The summed E-state index contributed by atoms with van der Waals surface area (Å²) in [5.74, 6) is 2.26. The zero-order valence-corrected chi connectivity index (χ0v) is 14.4. The van der Waals surface area contributed by atoms with Crippen LogP contribution in [0.4, 0.5) is 0 Å². The van der Waals surface area contributed by atoms with Crippen LogP contribution >= 0.6 is 11.8 Å². The van der Waals surface area contributed by atoms with E-state index in [1.807, 2.05) is 34.9 Å². The van der Waals surface area contributed by atoms with Gasteiger partial charge in [-0.25, -0.2) is 0 Å². The van der Waals surface area contributed by atoms with Gasteiger partial charge in [0, 0.05) is 18.3 Å². The fourth-order valence-electron chi connectivity index (χ4n) is 2.89. The molecular weight excluding hydrogens is 298 g/mol. The van der Waals surface area contributed by atoms with Crippen LogP contribution in [0.15, 0.2) is 18.2 Å². The van der Waals surface area contributed by atoms with Gasteiger partial charge in [0.1, 0.15) is 0 Å². The van der Waals surface area contributed by atoms with Gasteiger partial charge >= 0.3 is 0 Å². The molecular formula is C17H25NO3S. The lowest BCUT2D eigenvalue weighted by Gasteiger charge is -2.25. The molecule has 1 aromatic rings. The SMILES string of the molecule is CCSC1CCCCN(C(=O)c2cccc(OC)c2OC)C1. The van der Waals surface area contributed by atoms with Crippen LogP contribution in [0.2, 0.25) is 0 Å². The molecule has 0 bridgehead atoms. The summed E-state index contributed by atoms with van der Waals surface area (Å²) in [5, 5.41) is 0.535. The minimum Gasteiger partial charge on any atom is -0.493 e. The number of hydrogen-bond acceptors (Lipinski definition) is 4. The molecule has 1 aliphatic heterocycles. The maximum atomic E-state index is 12.9. The Bertz CT molecular complexity index is 507. The van der Waals surface area contributed by atoms with E-state index in [2.05, 4.69) is 6.92 Å². The molecule has 1 saturated heterocycles. The maximum absolute atomic E-state index is 12.9. The summed E-state index contributed by atoms with van der Waals surface area (Å²) < 4.78 is 10.7. The van der Waals surface area contributed by atoms with Crippen molar-refractivity contribution in [3.63, 3.8) is 0 Å². The zero-order chi connectivity index (χ0) is 15.9. The minimum atomic E-state index is 0.0411. The molecule has 1 amide bonds. The van der Waals surface area contributed by atoms with E-state index >= 15 is 0 Å². The van der Waals surface area contributed by atoms with Crippen molar-refractivity contribution in [1.82, 2.24) is 4.90 Å². The van der Waals surface area contributed by atoms with Crippen molar-refractivity contribution in [1.29, 1.82) is 0 Å². The topological polar surface area (TPSA) is 38.8 Å². The summed E-state index contributed by atoms with van der Waals surface area (Å²) >= 11 is 1.95. The van der Waals surface area contributed by atoms with E-state index in [0.717, 1.165) is 25.3 Å². The van der Waals surface area contributed by atoms with Crippen LogP contribution in [0.1, 0.15) is 36.5 Å². The molecule has 0 aliphatic carbocycles. The first-order valence-electron chi connectivity index (χ1n) is 7.83. The summed E-state index contributed by atoms with van der Waals surface area (Å²) in [4.78, 5) is 14.9. The number of benzene rings is 1. The summed E-state index contributed by atoms with van der Waals surface area (Å²) in [6.45, 7) is 3.81. The number of hydrogen-bond donors (Lipinski definition) is 0. The summed E-state index contributed by atoms with van der Waals surface area (Å²) in [5.41, 5.74) is 0.587. The minimum absolute atomic E-state index is 0.0411. The highest BCUT2D eigenvalue weighted by molar-refractivity contribution is 7.99. The number of nitrogens with zero attached hydrogens (tertiary/aromatic N) is 1. The van der Waals surface area contributed by atoms with E-state index in [-0.39, 0.29) is 5.91 Å². The second-order valence-electron chi connectivity index (χ2n) is 5.37. The fraction of sp³-hybridized carbons (Fsp3) is 0.588. The Morgan fingerprint density at radius 2 is 2.14 bits per heavy atom. The van der Waals surface area contributed by atoms with E-state index in [0.29, 0.717) is 22.3 Å². The van der Waals surface area contributed by atoms with Crippen molar-refractivity contribution in [3.05, 3.63) is 23.8 Å². The largest absolute Gasteiger partial charge is 0.493 e. The smallest absolute Gasteiger partial charge is 0.257 e. The number of carbonyl (C=O) groups is 1. The number of ether oxygens (including phenoxy) is 2. The zero-order valence-electron chi connectivity index (χ0n) is 13.6. The van der Waals surface area contributed by atoms with E-state index in [4.69, 9.17) is 9.47 Å². The van der Waals surface area contributed by atoms with E-state index in [1.54, 1.807) is 14.2 Å². The van der Waals surface area contributed by atoms with Gasteiger partial charge in [-0.1, -0.05) is 19.4 Å². The molecule has 0 N–H and O–H groups in total. The number of amides is 1. The van der Waals surface area contributed by atoms with Crippen molar-refractivity contribution in [2.45, 2.75) is 31.4 Å².